The summed E-state index contributed by atoms with van der Waals surface area (Å²) in [6.45, 7) is 5.50. The maximum Gasteiger partial charge on any atom is 0.345 e. The van der Waals surface area contributed by atoms with Crippen LogP contribution in [-0.2, 0) is 4.79 Å². The first kappa shape index (κ1) is 13.9. The molecular weight excluding hydrogens is 252 g/mol. The average Bonchev–Trinajstić information content (AvgIpc) is 2.42. The van der Waals surface area contributed by atoms with Gasteiger partial charge < -0.3 is 5.32 Å². The van der Waals surface area contributed by atoms with E-state index in [1.807, 2.05) is 31.2 Å². The van der Waals surface area contributed by atoms with E-state index in [0.717, 1.165) is 11.1 Å². The van der Waals surface area contributed by atoms with Gasteiger partial charge in [0, 0.05) is 11.3 Å². The lowest BCUT2D eigenvalue weighted by molar-refractivity contribution is -0.111. The number of nitrogens with zero attached hydrogens (tertiary/aromatic N) is 1. The Kier molecular flexibility index (Phi) is 3.94. The molecule has 0 radical (unpaired) electrons. The third-order valence-electron chi connectivity index (χ3n) is 3.23. The number of hydrogen-bond donors (Lipinski definition) is 1. The number of anilines is 1. The second kappa shape index (κ2) is 5.65. The number of carbonyl (C=O) groups excluding carboxylic acids is 2. The van der Waals surface area contributed by atoms with E-state index in [1.165, 1.54) is 6.08 Å². The van der Waals surface area contributed by atoms with E-state index in [-0.39, 0.29) is 5.78 Å². The van der Waals surface area contributed by atoms with Crippen LogP contribution in [0.2, 0.25) is 0 Å². The van der Waals surface area contributed by atoms with E-state index in [2.05, 4.69) is 10.3 Å². The molecule has 4 heteroatoms. The smallest absolute Gasteiger partial charge is 0.306 e. The summed E-state index contributed by atoms with van der Waals surface area (Å²) in [6, 6.07) is 7.02. The number of aliphatic imine (C=N–C) groups is 1. The molecule has 0 aromatic heterocycles. The Bertz CT molecular complexity index is 650. The van der Waals surface area contributed by atoms with Crippen LogP contribution in [0.15, 0.2) is 52.6 Å². The third-order valence-corrected chi connectivity index (χ3v) is 3.23. The Hall–Kier alpha value is -2.49. The van der Waals surface area contributed by atoms with Gasteiger partial charge in [0.15, 0.2) is 5.78 Å². The highest BCUT2D eigenvalue weighted by atomic mass is 16.2. The molecule has 0 saturated carbocycles. The summed E-state index contributed by atoms with van der Waals surface area (Å²) >= 11 is 0. The van der Waals surface area contributed by atoms with E-state index >= 15 is 0 Å². The molecule has 0 heterocycles. The monoisotopic (exact) mass is 268 g/mol. The molecule has 1 aromatic rings. The lowest BCUT2D eigenvalue weighted by atomic mass is 9.97. The largest absolute Gasteiger partial charge is 0.345 e. The maximum absolute atomic E-state index is 11.9. The van der Waals surface area contributed by atoms with E-state index in [0.29, 0.717) is 17.0 Å². The van der Waals surface area contributed by atoms with Crippen molar-refractivity contribution in [1.82, 2.24) is 0 Å². The zero-order valence-corrected chi connectivity index (χ0v) is 11.7. The third kappa shape index (κ3) is 3.09. The highest BCUT2D eigenvalue weighted by Gasteiger charge is 2.14. The number of rotatable bonds is 1. The van der Waals surface area contributed by atoms with Gasteiger partial charge in [-0.15, -0.1) is 0 Å². The molecule has 2 rings (SSSR count). The van der Waals surface area contributed by atoms with Crippen LogP contribution in [0.3, 0.4) is 0 Å². The van der Waals surface area contributed by atoms with Crippen LogP contribution in [0, 0.1) is 6.92 Å². The van der Waals surface area contributed by atoms with Gasteiger partial charge in [-0.25, -0.2) is 4.79 Å². The Balaban J connectivity index is 2.15. The second-order valence-electron chi connectivity index (χ2n) is 4.74. The van der Waals surface area contributed by atoms with Crippen molar-refractivity contribution < 1.29 is 9.59 Å². The fourth-order valence-corrected chi connectivity index (χ4v) is 1.80. The van der Waals surface area contributed by atoms with Crippen LogP contribution >= 0.6 is 0 Å². The fourth-order valence-electron chi connectivity index (χ4n) is 1.80. The predicted molar refractivity (Wildman–Crippen MR) is 80.2 cm³/mol. The van der Waals surface area contributed by atoms with Gasteiger partial charge in [0.2, 0.25) is 0 Å². The number of urea groups is 1. The summed E-state index contributed by atoms with van der Waals surface area (Å²) in [5.41, 5.74) is 3.69. The van der Waals surface area contributed by atoms with Crippen molar-refractivity contribution in [2.75, 3.05) is 5.32 Å². The first-order valence-electron chi connectivity index (χ1n) is 6.34. The summed E-state index contributed by atoms with van der Waals surface area (Å²) in [5.74, 6) is -0.0413. The van der Waals surface area contributed by atoms with E-state index < -0.39 is 6.03 Å². The van der Waals surface area contributed by atoms with Crippen molar-refractivity contribution in [2.45, 2.75) is 20.8 Å². The summed E-state index contributed by atoms with van der Waals surface area (Å²) in [5, 5.41) is 2.70. The highest BCUT2D eigenvalue weighted by Crippen LogP contribution is 2.15. The molecule has 1 aliphatic carbocycles. The van der Waals surface area contributed by atoms with Crippen molar-refractivity contribution in [3.63, 3.8) is 0 Å². The first-order chi connectivity index (χ1) is 9.47. The number of allylic oxidation sites excluding steroid dienone is 4. The lowest BCUT2D eigenvalue weighted by Gasteiger charge is -2.10. The number of benzene rings is 1. The highest BCUT2D eigenvalue weighted by molar-refractivity contribution is 6.23. The molecule has 1 N–H and O–H groups in total. The van der Waals surface area contributed by atoms with Crippen molar-refractivity contribution in [3.8, 4) is 0 Å². The number of aryl methyl sites for hydroxylation is 1. The van der Waals surface area contributed by atoms with Gasteiger partial charge in [0.1, 0.15) is 0 Å². The molecule has 0 atom stereocenters. The number of amides is 2. The van der Waals surface area contributed by atoms with E-state index in [9.17, 15) is 9.59 Å². The van der Waals surface area contributed by atoms with Gasteiger partial charge in [-0.2, -0.15) is 4.99 Å². The van der Waals surface area contributed by atoms with Crippen molar-refractivity contribution in [1.29, 1.82) is 0 Å². The van der Waals surface area contributed by atoms with Gasteiger partial charge in [0.25, 0.3) is 0 Å². The summed E-state index contributed by atoms with van der Waals surface area (Å²) < 4.78 is 0. The molecule has 1 aliphatic rings. The zero-order valence-electron chi connectivity index (χ0n) is 11.7. The summed E-state index contributed by atoms with van der Waals surface area (Å²) in [6.07, 6.45) is 3.00. The Morgan fingerprint density at radius 2 is 1.65 bits per heavy atom. The van der Waals surface area contributed by atoms with Gasteiger partial charge in [-0.05, 0) is 50.6 Å². The van der Waals surface area contributed by atoms with Crippen molar-refractivity contribution >= 4 is 23.2 Å². The minimum atomic E-state index is -0.449. The Morgan fingerprint density at radius 3 is 2.30 bits per heavy atom. The van der Waals surface area contributed by atoms with E-state index in [4.69, 9.17) is 0 Å². The minimum Gasteiger partial charge on any atom is -0.306 e. The molecule has 20 heavy (non-hydrogen) atoms. The van der Waals surface area contributed by atoms with Crippen molar-refractivity contribution in [2.24, 2.45) is 4.99 Å². The molecule has 2 amide bonds. The quantitative estimate of drug-likeness (QED) is 0.793. The van der Waals surface area contributed by atoms with Gasteiger partial charge in [-0.3, -0.25) is 4.79 Å². The molecule has 0 saturated heterocycles. The van der Waals surface area contributed by atoms with Crippen LogP contribution in [-0.4, -0.2) is 17.5 Å². The standard InChI is InChI=1S/C16H16N2O2/c1-10-4-6-13(7-5-10)17-16(20)18-14-8-9-15(19)12(3)11(14)2/h4-9H,1-3H3,(H,17,20). The van der Waals surface area contributed by atoms with Crippen LogP contribution in [0.25, 0.3) is 0 Å². The Labute approximate surface area is 117 Å². The molecule has 0 aliphatic heterocycles. The molecular formula is C16H16N2O2. The normalized spacial score (nSPS) is 16.8. The molecule has 0 bridgehead atoms. The molecule has 0 unspecified atom stereocenters. The number of ketones is 1. The minimum absolute atomic E-state index is 0.0413. The molecule has 102 valence electrons. The van der Waals surface area contributed by atoms with E-state index in [1.54, 1.807) is 19.9 Å². The number of carbonyl (C=O) groups is 2. The zero-order chi connectivity index (χ0) is 14.7. The van der Waals surface area contributed by atoms with Crippen LogP contribution in [0.4, 0.5) is 10.5 Å². The molecule has 4 nitrogen and oxygen atoms in total. The second-order valence-corrected chi connectivity index (χ2v) is 4.74. The lowest BCUT2D eigenvalue weighted by Crippen LogP contribution is -2.15. The van der Waals surface area contributed by atoms with Crippen molar-refractivity contribution in [3.05, 3.63) is 53.1 Å². The Morgan fingerprint density at radius 1 is 1.00 bits per heavy atom. The summed E-state index contributed by atoms with van der Waals surface area (Å²) in [7, 11) is 0. The summed E-state index contributed by atoms with van der Waals surface area (Å²) in [4.78, 5) is 27.3. The number of nitrogens with one attached hydrogen (secondary N) is 1. The molecule has 0 spiro atoms. The first-order valence-corrected chi connectivity index (χ1v) is 6.34. The molecule has 1 aromatic carbocycles. The fraction of sp³-hybridized carbons (Fsp3) is 0.188. The van der Waals surface area contributed by atoms with Crippen LogP contribution < -0.4 is 5.32 Å². The average molecular weight is 268 g/mol. The van der Waals surface area contributed by atoms with Gasteiger partial charge in [-0.1, -0.05) is 17.7 Å². The van der Waals surface area contributed by atoms with Gasteiger partial charge in [0.05, 0.1) is 5.71 Å². The van der Waals surface area contributed by atoms with Gasteiger partial charge >= 0.3 is 6.03 Å². The maximum atomic E-state index is 11.9. The topological polar surface area (TPSA) is 58.5 Å². The van der Waals surface area contributed by atoms with Crippen LogP contribution in [0.5, 0.6) is 0 Å². The van der Waals surface area contributed by atoms with Crippen LogP contribution in [0.1, 0.15) is 19.4 Å². The number of hydrogen-bond acceptors (Lipinski definition) is 2. The molecule has 0 fully saturated rings. The predicted octanol–water partition coefficient (Wildman–Crippen LogP) is 3.44. The SMILES string of the molecule is CC1=C(C)C(=NC(=O)Nc2ccc(C)cc2)C=CC1=O.